The van der Waals surface area contributed by atoms with Crippen LogP contribution in [0.5, 0.6) is 0 Å². The maximum absolute atomic E-state index is 11.9. The molecular weight excluding hydrogens is 250 g/mol. The van der Waals surface area contributed by atoms with Crippen LogP contribution in [0, 0.1) is 6.92 Å². The Labute approximate surface area is 108 Å². The van der Waals surface area contributed by atoms with Crippen LogP contribution in [0.3, 0.4) is 0 Å². The van der Waals surface area contributed by atoms with Gasteiger partial charge in [-0.3, -0.25) is 4.79 Å². The highest BCUT2D eigenvalue weighted by Gasteiger charge is 2.13. The molecule has 0 saturated heterocycles. The minimum absolute atomic E-state index is 0.0825. The largest absolute Gasteiger partial charge is 0.478 e. The van der Waals surface area contributed by atoms with Gasteiger partial charge in [0.1, 0.15) is 0 Å². The molecule has 0 spiro atoms. The highest BCUT2D eigenvalue weighted by atomic mass is 32.1. The van der Waals surface area contributed by atoms with Crippen molar-refractivity contribution in [2.75, 3.05) is 5.32 Å². The molecule has 1 aromatic carbocycles. The third-order valence-electron chi connectivity index (χ3n) is 2.37. The van der Waals surface area contributed by atoms with Crippen LogP contribution < -0.4 is 5.32 Å². The monoisotopic (exact) mass is 261 g/mol. The zero-order chi connectivity index (χ0) is 13.1. The summed E-state index contributed by atoms with van der Waals surface area (Å²) in [6.45, 7) is 1.91. The van der Waals surface area contributed by atoms with E-state index >= 15 is 0 Å². The molecule has 4 nitrogen and oxygen atoms in total. The van der Waals surface area contributed by atoms with Gasteiger partial charge >= 0.3 is 5.97 Å². The van der Waals surface area contributed by atoms with Crippen LogP contribution in [0.15, 0.2) is 36.4 Å². The van der Waals surface area contributed by atoms with E-state index in [2.05, 4.69) is 5.32 Å². The Morgan fingerprint density at radius 1 is 1.17 bits per heavy atom. The van der Waals surface area contributed by atoms with Crippen molar-refractivity contribution in [3.63, 3.8) is 0 Å². The fourth-order valence-electron chi connectivity index (χ4n) is 1.52. The second kappa shape index (κ2) is 5.01. The summed E-state index contributed by atoms with van der Waals surface area (Å²) in [5.74, 6) is -1.35. The minimum Gasteiger partial charge on any atom is -0.478 e. The van der Waals surface area contributed by atoms with E-state index in [9.17, 15) is 9.59 Å². The van der Waals surface area contributed by atoms with Crippen LogP contribution in [0.2, 0.25) is 0 Å². The van der Waals surface area contributed by atoms with Crippen molar-refractivity contribution in [2.45, 2.75) is 6.92 Å². The normalized spacial score (nSPS) is 10.1. The Balaban J connectivity index is 2.24. The van der Waals surface area contributed by atoms with Crippen molar-refractivity contribution < 1.29 is 14.7 Å². The molecule has 0 aliphatic rings. The standard InChI is InChI=1S/C13H11NO3S/c1-8-6-7-11(18-8)12(15)14-10-5-3-2-4-9(10)13(16)17/h2-7H,1H3,(H,14,15)(H,16,17). The highest BCUT2D eigenvalue weighted by molar-refractivity contribution is 7.14. The van der Waals surface area contributed by atoms with Gasteiger partial charge in [0.25, 0.3) is 5.91 Å². The molecule has 0 saturated carbocycles. The Kier molecular flexibility index (Phi) is 3.43. The number of aryl methyl sites for hydroxylation is 1. The molecule has 0 fully saturated rings. The second-order valence-electron chi connectivity index (χ2n) is 3.72. The van der Waals surface area contributed by atoms with Gasteiger partial charge < -0.3 is 10.4 Å². The number of anilines is 1. The molecule has 1 heterocycles. The van der Waals surface area contributed by atoms with E-state index in [0.717, 1.165) is 4.88 Å². The SMILES string of the molecule is Cc1ccc(C(=O)Nc2ccccc2C(=O)O)s1. The summed E-state index contributed by atoms with van der Waals surface area (Å²) in [5, 5.41) is 11.6. The predicted octanol–water partition coefficient (Wildman–Crippen LogP) is 3.01. The molecule has 0 radical (unpaired) electrons. The van der Waals surface area contributed by atoms with Crippen LogP contribution in [0.25, 0.3) is 0 Å². The van der Waals surface area contributed by atoms with Crippen LogP contribution in [-0.4, -0.2) is 17.0 Å². The van der Waals surface area contributed by atoms with Gasteiger partial charge in [0.15, 0.2) is 0 Å². The van der Waals surface area contributed by atoms with Crippen molar-refractivity contribution in [2.24, 2.45) is 0 Å². The fraction of sp³-hybridized carbons (Fsp3) is 0.0769. The van der Waals surface area contributed by atoms with Crippen LogP contribution >= 0.6 is 11.3 Å². The number of carboxylic acid groups (broad SMARTS) is 1. The number of rotatable bonds is 3. The van der Waals surface area contributed by atoms with Gasteiger partial charge in [-0.25, -0.2) is 4.79 Å². The zero-order valence-electron chi connectivity index (χ0n) is 9.64. The van der Waals surface area contributed by atoms with Gasteiger partial charge in [-0.05, 0) is 31.2 Å². The number of benzene rings is 1. The van der Waals surface area contributed by atoms with Crippen molar-refractivity contribution in [3.05, 3.63) is 51.7 Å². The van der Waals surface area contributed by atoms with Gasteiger partial charge in [-0.2, -0.15) is 0 Å². The summed E-state index contributed by atoms with van der Waals surface area (Å²) in [6.07, 6.45) is 0. The van der Waals surface area contributed by atoms with Crippen molar-refractivity contribution in [1.82, 2.24) is 0 Å². The maximum Gasteiger partial charge on any atom is 0.337 e. The lowest BCUT2D eigenvalue weighted by molar-refractivity contribution is 0.0698. The van der Waals surface area contributed by atoms with Gasteiger partial charge in [-0.1, -0.05) is 12.1 Å². The molecule has 2 rings (SSSR count). The third-order valence-corrected chi connectivity index (χ3v) is 3.37. The third kappa shape index (κ3) is 2.57. The van der Waals surface area contributed by atoms with Crippen molar-refractivity contribution in [3.8, 4) is 0 Å². The number of thiophene rings is 1. The molecule has 0 bridgehead atoms. The number of hydrogen-bond donors (Lipinski definition) is 2. The summed E-state index contributed by atoms with van der Waals surface area (Å²) >= 11 is 1.37. The van der Waals surface area contributed by atoms with Crippen LogP contribution in [-0.2, 0) is 0 Å². The molecule has 2 aromatic rings. The summed E-state index contributed by atoms with van der Waals surface area (Å²) < 4.78 is 0. The Morgan fingerprint density at radius 2 is 1.89 bits per heavy atom. The highest BCUT2D eigenvalue weighted by Crippen LogP contribution is 2.19. The lowest BCUT2D eigenvalue weighted by Crippen LogP contribution is -2.13. The summed E-state index contributed by atoms with van der Waals surface area (Å²) in [4.78, 5) is 24.5. The van der Waals surface area contributed by atoms with Crippen LogP contribution in [0.1, 0.15) is 24.9 Å². The van der Waals surface area contributed by atoms with Gasteiger partial charge in [0.05, 0.1) is 16.1 Å². The first kappa shape index (κ1) is 12.3. The van der Waals surface area contributed by atoms with E-state index in [1.807, 2.05) is 13.0 Å². The van der Waals surface area contributed by atoms with Gasteiger partial charge in [0, 0.05) is 4.88 Å². The lowest BCUT2D eigenvalue weighted by atomic mass is 10.2. The molecular formula is C13H11NO3S. The van der Waals surface area contributed by atoms with Crippen molar-refractivity contribution in [1.29, 1.82) is 0 Å². The summed E-state index contributed by atoms with van der Waals surface area (Å²) in [5.41, 5.74) is 0.389. The average Bonchev–Trinajstić information content (AvgIpc) is 2.76. The molecule has 1 amide bonds. The summed E-state index contributed by atoms with van der Waals surface area (Å²) in [6, 6.07) is 9.90. The maximum atomic E-state index is 11.9. The topological polar surface area (TPSA) is 66.4 Å². The first-order chi connectivity index (χ1) is 8.58. The molecule has 92 valence electrons. The number of carbonyl (C=O) groups excluding carboxylic acids is 1. The van der Waals surface area contributed by atoms with E-state index in [0.29, 0.717) is 10.6 Å². The van der Waals surface area contributed by atoms with Gasteiger partial charge in [-0.15, -0.1) is 11.3 Å². The molecule has 2 N–H and O–H groups in total. The number of nitrogens with one attached hydrogen (secondary N) is 1. The van der Waals surface area contributed by atoms with E-state index < -0.39 is 5.97 Å². The van der Waals surface area contributed by atoms with E-state index in [1.54, 1.807) is 24.3 Å². The van der Waals surface area contributed by atoms with Crippen LogP contribution in [0.4, 0.5) is 5.69 Å². The van der Waals surface area contributed by atoms with E-state index in [1.165, 1.54) is 17.4 Å². The molecule has 0 unspecified atom stereocenters. The quantitative estimate of drug-likeness (QED) is 0.892. The summed E-state index contributed by atoms with van der Waals surface area (Å²) in [7, 11) is 0. The number of amides is 1. The molecule has 18 heavy (non-hydrogen) atoms. The molecule has 1 aromatic heterocycles. The molecule has 5 heteroatoms. The average molecular weight is 261 g/mol. The Morgan fingerprint density at radius 3 is 2.50 bits per heavy atom. The van der Waals surface area contributed by atoms with Crippen molar-refractivity contribution >= 4 is 28.9 Å². The molecule has 0 atom stereocenters. The number of para-hydroxylation sites is 1. The Hall–Kier alpha value is -2.14. The fourth-order valence-corrected chi connectivity index (χ4v) is 2.28. The lowest BCUT2D eigenvalue weighted by Gasteiger charge is -2.06. The minimum atomic E-state index is -1.06. The predicted molar refractivity (Wildman–Crippen MR) is 70.4 cm³/mol. The Bertz CT molecular complexity index is 604. The smallest absolute Gasteiger partial charge is 0.337 e. The number of carboxylic acids is 1. The first-order valence-corrected chi connectivity index (χ1v) is 6.09. The second-order valence-corrected chi connectivity index (χ2v) is 5.00. The first-order valence-electron chi connectivity index (χ1n) is 5.28. The van der Waals surface area contributed by atoms with E-state index in [4.69, 9.17) is 5.11 Å². The van der Waals surface area contributed by atoms with Gasteiger partial charge in [0.2, 0.25) is 0 Å². The number of aromatic carboxylic acids is 1. The molecule has 0 aliphatic heterocycles. The number of carbonyl (C=O) groups is 2. The molecule has 0 aliphatic carbocycles. The van der Waals surface area contributed by atoms with E-state index in [-0.39, 0.29) is 11.5 Å². The number of hydrogen-bond acceptors (Lipinski definition) is 3. The zero-order valence-corrected chi connectivity index (χ0v) is 10.5.